The zero-order valence-corrected chi connectivity index (χ0v) is 12.6. The Morgan fingerprint density at radius 1 is 1.37 bits per heavy atom. The van der Waals surface area contributed by atoms with E-state index >= 15 is 0 Å². The Labute approximate surface area is 115 Å². The number of likely N-dealkylation sites (tertiary alicyclic amines) is 1. The number of hydrogen-bond acceptors (Lipinski definition) is 4. The maximum atomic E-state index is 9.51. The molecule has 1 fully saturated rings. The van der Waals surface area contributed by atoms with Gasteiger partial charge < -0.3 is 9.67 Å². The summed E-state index contributed by atoms with van der Waals surface area (Å²) < 4.78 is 2.11. The van der Waals surface area contributed by atoms with E-state index in [0.29, 0.717) is 5.92 Å². The van der Waals surface area contributed by atoms with E-state index in [4.69, 9.17) is 0 Å². The first-order valence-corrected chi connectivity index (χ1v) is 7.16. The molecule has 1 aliphatic rings. The Morgan fingerprint density at radius 2 is 2.11 bits per heavy atom. The molecule has 1 aliphatic heterocycles. The summed E-state index contributed by atoms with van der Waals surface area (Å²) in [7, 11) is 2.04. The number of nitrogens with zero attached hydrogens (tertiary/aromatic N) is 4. The van der Waals surface area contributed by atoms with Gasteiger partial charge in [0.05, 0.1) is 6.54 Å². The van der Waals surface area contributed by atoms with Crippen LogP contribution in [-0.2, 0) is 13.6 Å². The van der Waals surface area contributed by atoms with E-state index in [1.54, 1.807) is 0 Å². The third kappa shape index (κ3) is 3.15. The van der Waals surface area contributed by atoms with Crippen molar-refractivity contribution in [1.82, 2.24) is 19.7 Å². The lowest BCUT2D eigenvalue weighted by Crippen LogP contribution is -2.43. The molecule has 0 saturated carbocycles. The van der Waals surface area contributed by atoms with E-state index in [9.17, 15) is 5.11 Å². The Kier molecular flexibility index (Phi) is 4.26. The van der Waals surface area contributed by atoms with E-state index in [1.165, 1.54) is 0 Å². The minimum absolute atomic E-state index is 0.0394. The van der Waals surface area contributed by atoms with Crippen LogP contribution >= 0.6 is 0 Å². The van der Waals surface area contributed by atoms with Crippen LogP contribution in [0.4, 0.5) is 0 Å². The predicted molar refractivity (Wildman–Crippen MR) is 74.8 cm³/mol. The zero-order valence-electron chi connectivity index (χ0n) is 12.6. The van der Waals surface area contributed by atoms with Crippen LogP contribution in [0.2, 0.25) is 0 Å². The van der Waals surface area contributed by atoms with Crippen LogP contribution in [0.5, 0.6) is 0 Å². The fourth-order valence-corrected chi connectivity index (χ4v) is 2.91. The van der Waals surface area contributed by atoms with Gasteiger partial charge in [-0.1, -0.05) is 20.8 Å². The summed E-state index contributed by atoms with van der Waals surface area (Å²) in [5.74, 6) is 2.46. The second-order valence-corrected chi connectivity index (χ2v) is 6.47. The Balaban J connectivity index is 2.05. The lowest BCUT2D eigenvalue weighted by Gasteiger charge is -2.39. The van der Waals surface area contributed by atoms with Crippen molar-refractivity contribution in [3.05, 3.63) is 11.6 Å². The van der Waals surface area contributed by atoms with Gasteiger partial charge in [-0.25, -0.2) is 0 Å². The van der Waals surface area contributed by atoms with Crippen molar-refractivity contribution >= 4 is 0 Å². The number of aliphatic hydroxyl groups is 1. The highest BCUT2D eigenvalue weighted by Gasteiger charge is 2.30. The molecule has 1 aromatic rings. The number of aromatic nitrogens is 3. The van der Waals surface area contributed by atoms with Crippen LogP contribution in [-0.4, -0.2) is 44.5 Å². The van der Waals surface area contributed by atoms with Gasteiger partial charge in [-0.2, -0.15) is 0 Å². The normalized spacial score (nSPS) is 25.2. The Morgan fingerprint density at radius 3 is 2.68 bits per heavy atom. The van der Waals surface area contributed by atoms with Gasteiger partial charge in [-0.15, -0.1) is 10.2 Å². The Hall–Kier alpha value is -0.940. The van der Waals surface area contributed by atoms with E-state index in [0.717, 1.165) is 44.1 Å². The van der Waals surface area contributed by atoms with Crippen molar-refractivity contribution in [3.63, 3.8) is 0 Å². The minimum atomic E-state index is 0.0394. The number of piperidine rings is 1. The van der Waals surface area contributed by atoms with Crippen molar-refractivity contribution in [3.8, 4) is 0 Å². The van der Waals surface area contributed by atoms with Crippen LogP contribution in [0.1, 0.15) is 51.2 Å². The predicted octanol–water partition coefficient (Wildman–Crippen LogP) is 1.53. The van der Waals surface area contributed by atoms with E-state index in [-0.39, 0.29) is 12.0 Å². The summed E-state index contributed by atoms with van der Waals surface area (Å²) in [6.07, 6.45) is 2.25. The fourth-order valence-electron chi connectivity index (χ4n) is 2.91. The molecule has 0 aromatic carbocycles. The molecular weight excluding hydrogens is 240 g/mol. The van der Waals surface area contributed by atoms with Crippen LogP contribution < -0.4 is 0 Å². The molecule has 5 nitrogen and oxygen atoms in total. The molecule has 0 bridgehead atoms. The molecule has 1 N–H and O–H groups in total. The van der Waals surface area contributed by atoms with E-state index in [1.807, 2.05) is 7.05 Å². The largest absolute Gasteiger partial charge is 0.396 e. The van der Waals surface area contributed by atoms with E-state index in [2.05, 4.69) is 40.4 Å². The van der Waals surface area contributed by atoms with Crippen LogP contribution in [0.3, 0.4) is 0 Å². The molecule has 108 valence electrons. The first-order chi connectivity index (χ1) is 8.95. The van der Waals surface area contributed by atoms with Gasteiger partial charge in [-0.3, -0.25) is 4.90 Å². The molecule has 5 heteroatoms. The maximum absolute atomic E-state index is 9.51. The number of aliphatic hydroxyl groups excluding tert-OH is 1. The summed E-state index contributed by atoms with van der Waals surface area (Å²) in [5, 5.41) is 18.1. The number of hydrogen-bond donors (Lipinski definition) is 1. The average molecular weight is 266 g/mol. The third-order valence-corrected chi connectivity index (χ3v) is 4.12. The zero-order chi connectivity index (χ0) is 14.0. The summed E-state index contributed by atoms with van der Waals surface area (Å²) >= 11 is 0. The molecule has 2 heterocycles. The van der Waals surface area contributed by atoms with Gasteiger partial charge in [-0.05, 0) is 19.4 Å². The van der Waals surface area contributed by atoms with Crippen LogP contribution in [0.15, 0.2) is 0 Å². The Bertz CT molecular complexity index is 429. The topological polar surface area (TPSA) is 54.2 Å². The maximum Gasteiger partial charge on any atom is 0.146 e. The summed E-state index contributed by atoms with van der Waals surface area (Å²) in [5.41, 5.74) is 0.0394. The summed E-state index contributed by atoms with van der Waals surface area (Å²) in [4.78, 5) is 2.38. The first kappa shape index (κ1) is 14.5. The quantitative estimate of drug-likeness (QED) is 0.898. The van der Waals surface area contributed by atoms with Gasteiger partial charge in [0.15, 0.2) is 0 Å². The average Bonchev–Trinajstić information content (AvgIpc) is 2.71. The van der Waals surface area contributed by atoms with Crippen molar-refractivity contribution in [2.24, 2.45) is 12.5 Å². The highest BCUT2D eigenvalue weighted by molar-refractivity contribution is 4.99. The van der Waals surface area contributed by atoms with E-state index < -0.39 is 0 Å². The summed E-state index contributed by atoms with van der Waals surface area (Å²) in [6, 6.07) is 0. The highest BCUT2D eigenvalue weighted by Crippen LogP contribution is 2.29. The molecule has 1 unspecified atom stereocenters. The monoisotopic (exact) mass is 266 g/mol. The van der Waals surface area contributed by atoms with Crippen molar-refractivity contribution in [2.45, 2.75) is 46.1 Å². The van der Waals surface area contributed by atoms with Gasteiger partial charge in [0, 0.05) is 31.5 Å². The highest BCUT2D eigenvalue weighted by atomic mass is 16.3. The standard InChI is InChI=1S/C14H26N4O/c1-11(2)13-16-15-12(17(13)4)8-18-7-5-6-14(3,9-18)10-19/h11,19H,5-10H2,1-4H3. The smallest absolute Gasteiger partial charge is 0.146 e. The molecule has 0 spiro atoms. The van der Waals surface area contributed by atoms with Crippen molar-refractivity contribution in [2.75, 3.05) is 19.7 Å². The first-order valence-electron chi connectivity index (χ1n) is 7.16. The molecule has 2 rings (SSSR count). The molecule has 1 saturated heterocycles. The van der Waals surface area contributed by atoms with Gasteiger partial charge in [0.2, 0.25) is 0 Å². The third-order valence-electron chi connectivity index (χ3n) is 4.12. The van der Waals surface area contributed by atoms with Crippen LogP contribution in [0.25, 0.3) is 0 Å². The molecule has 1 aromatic heterocycles. The van der Waals surface area contributed by atoms with Crippen LogP contribution in [0, 0.1) is 5.41 Å². The summed E-state index contributed by atoms with van der Waals surface area (Å²) in [6.45, 7) is 9.54. The molecular formula is C14H26N4O. The molecule has 0 radical (unpaired) electrons. The second-order valence-electron chi connectivity index (χ2n) is 6.47. The molecule has 0 aliphatic carbocycles. The van der Waals surface area contributed by atoms with Gasteiger partial charge >= 0.3 is 0 Å². The fraction of sp³-hybridized carbons (Fsp3) is 0.857. The molecule has 1 atom stereocenters. The molecule has 19 heavy (non-hydrogen) atoms. The number of rotatable bonds is 4. The lowest BCUT2D eigenvalue weighted by atomic mass is 9.83. The van der Waals surface area contributed by atoms with Crippen molar-refractivity contribution < 1.29 is 5.11 Å². The SMILES string of the molecule is CC(C)c1nnc(CN2CCCC(C)(CO)C2)n1C. The van der Waals surface area contributed by atoms with Crippen molar-refractivity contribution in [1.29, 1.82) is 0 Å². The van der Waals surface area contributed by atoms with Gasteiger partial charge in [0.1, 0.15) is 11.6 Å². The minimum Gasteiger partial charge on any atom is -0.396 e. The molecule has 0 amide bonds. The second kappa shape index (κ2) is 5.59. The van der Waals surface area contributed by atoms with Gasteiger partial charge in [0.25, 0.3) is 0 Å². The lowest BCUT2D eigenvalue weighted by molar-refractivity contribution is 0.0413.